The molecule has 1 heterocycles. The normalized spacial score (nSPS) is 20.8. The molecule has 4 nitrogen and oxygen atoms in total. The third-order valence-corrected chi connectivity index (χ3v) is 2.83. The molecule has 0 saturated carbocycles. The average Bonchev–Trinajstić information content (AvgIpc) is 2.44. The summed E-state index contributed by atoms with van der Waals surface area (Å²) >= 11 is 0. The maximum atomic E-state index is 11.6. The maximum absolute atomic E-state index is 11.6. The van der Waals surface area contributed by atoms with Gasteiger partial charge in [-0.1, -0.05) is 40.0 Å². The molecule has 0 aromatic heterocycles. The number of unbranched alkanes of at least 4 members (excludes halogenated alkanes) is 2. The highest BCUT2D eigenvalue weighted by atomic mass is 16.2. The first-order chi connectivity index (χ1) is 7.56. The zero-order valence-electron chi connectivity index (χ0n) is 10.6. The van der Waals surface area contributed by atoms with Crippen molar-refractivity contribution >= 4 is 11.9 Å². The number of nitrogens with zero attached hydrogens (tertiary/aromatic N) is 2. The highest BCUT2D eigenvalue weighted by Crippen LogP contribution is 2.18. The third kappa shape index (κ3) is 3.22. The molecule has 2 amide bonds. The average molecular weight is 225 g/mol. The fraction of sp³-hybridized carbons (Fsp3) is 0.833. The third-order valence-electron chi connectivity index (χ3n) is 2.83. The first kappa shape index (κ1) is 13.0. The van der Waals surface area contributed by atoms with Gasteiger partial charge in [0.15, 0.2) is 0 Å². The minimum Gasteiger partial charge on any atom is -0.385 e. The van der Waals surface area contributed by atoms with Crippen molar-refractivity contribution in [1.82, 2.24) is 4.90 Å². The van der Waals surface area contributed by atoms with Crippen molar-refractivity contribution in [3.63, 3.8) is 0 Å². The van der Waals surface area contributed by atoms with Gasteiger partial charge in [-0.15, -0.1) is 0 Å². The molecule has 2 N–H and O–H groups in total. The van der Waals surface area contributed by atoms with Crippen LogP contribution in [0.2, 0.25) is 0 Å². The second-order valence-electron chi connectivity index (χ2n) is 4.88. The molecule has 0 saturated heterocycles. The molecule has 92 valence electrons. The number of urea groups is 1. The number of aliphatic imine (C=N–C) groups is 1. The predicted molar refractivity (Wildman–Crippen MR) is 66.5 cm³/mol. The Hall–Kier alpha value is -1.06. The summed E-state index contributed by atoms with van der Waals surface area (Å²) in [4.78, 5) is 17.3. The minimum atomic E-state index is -0.160. The topological polar surface area (TPSA) is 58.7 Å². The Kier molecular flexibility index (Phi) is 4.77. The van der Waals surface area contributed by atoms with Crippen molar-refractivity contribution < 1.29 is 4.79 Å². The van der Waals surface area contributed by atoms with Crippen LogP contribution in [0.3, 0.4) is 0 Å². The minimum absolute atomic E-state index is 0.0430. The van der Waals surface area contributed by atoms with Crippen LogP contribution in [0.25, 0.3) is 0 Å². The molecule has 16 heavy (non-hydrogen) atoms. The standard InChI is InChI=1S/C12H23N3O/c1-4-5-6-7-10-11(13)14-12(16)15(10)8-9(2)3/h9-10H,4-8H2,1-3H3,(H2,13,14,16). The number of amides is 2. The van der Waals surface area contributed by atoms with E-state index in [0.29, 0.717) is 11.8 Å². The Morgan fingerprint density at radius 1 is 1.44 bits per heavy atom. The van der Waals surface area contributed by atoms with Crippen molar-refractivity contribution in [2.45, 2.75) is 52.5 Å². The van der Waals surface area contributed by atoms with E-state index in [1.165, 1.54) is 12.8 Å². The van der Waals surface area contributed by atoms with Gasteiger partial charge in [0.25, 0.3) is 0 Å². The molecule has 0 radical (unpaired) electrons. The summed E-state index contributed by atoms with van der Waals surface area (Å²) in [7, 11) is 0. The summed E-state index contributed by atoms with van der Waals surface area (Å²) in [5, 5.41) is 0. The molecule has 0 fully saturated rings. The van der Waals surface area contributed by atoms with Gasteiger partial charge in [-0.25, -0.2) is 4.79 Å². The van der Waals surface area contributed by atoms with Crippen LogP contribution >= 0.6 is 0 Å². The van der Waals surface area contributed by atoms with Crippen molar-refractivity contribution in [3.8, 4) is 0 Å². The van der Waals surface area contributed by atoms with Gasteiger partial charge in [-0.2, -0.15) is 4.99 Å². The SMILES string of the molecule is CCCCCC1C(N)=NC(=O)N1CC(C)C. The molecule has 0 spiro atoms. The summed E-state index contributed by atoms with van der Waals surface area (Å²) in [6.07, 6.45) is 4.43. The zero-order chi connectivity index (χ0) is 12.1. The lowest BCUT2D eigenvalue weighted by molar-refractivity contribution is 0.195. The van der Waals surface area contributed by atoms with Crippen molar-refractivity contribution in [1.29, 1.82) is 0 Å². The fourth-order valence-electron chi connectivity index (χ4n) is 2.03. The van der Waals surface area contributed by atoms with Gasteiger partial charge in [-0.3, -0.25) is 0 Å². The quantitative estimate of drug-likeness (QED) is 0.705. The summed E-state index contributed by atoms with van der Waals surface area (Å²) in [6, 6.07) is -0.117. The van der Waals surface area contributed by atoms with Crippen LogP contribution in [0.4, 0.5) is 4.79 Å². The predicted octanol–water partition coefficient (Wildman–Crippen LogP) is 2.38. The Morgan fingerprint density at radius 3 is 2.69 bits per heavy atom. The number of amidine groups is 1. The van der Waals surface area contributed by atoms with Crippen LogP contribution < -0.4 is 5.73 Å². The van der Waals surface area contributed by atoms with Gasteiger partial charge in [0.1, 0.15) is 5.84 Å². The Labute approximate surface area is 97.9 Å². The molecule has 0 bridgehead atoms. The van der Waals surface area contributed by atoms with E-state index < -0.39 is 0 Å². The molecule has 1 atom stereocenters. The Balaban J connectivity index is 2.55. The number of rotatable bonds is 6. The number of hydrogen-bond donors (Lipinski definition) is 1. The van der Waals surface area contributed by atoms with Crippen LogP contribution in [0.5, 0.6) is 0 Å². The van der Waals surface area contributed by atoms with Gasteiger partial charge in [0, 0.05) is 6.54 Å². The van der Waals surface area contributed by atoms with E-state index in [4.69, 9.17) is 5.73 Å². The molecular formula is C12H23N3O. The highest BCUT2D eigenvalue weighted by Gasteiger charge is 2.32. The molecule has 0 aromatic carbocycles. The first-order valence-electron chi connectivity index (χ1n) is 6.21. The molecule has 4 heteroatoms. The lowest BCUT2D eigenvalue weighted by Crippen LogP contribution is -2.42. The van der Waals surface area contributed by atoms with Crippen molar-refractivity contribution in [3.05, 3.63) is 0 Å². The van der Waals surface area contributed by atoms with Gasteiger partial charge in [-0.05, 0) is 12.3 Å². The van der Waals surface area contributed by atoms with Crippen LogP contribution in [0, 0.1) is 5.92 Å². The molecule has 0 aliphatic carbocycles. The van der Waals surface area contributed by atoms with Gasteiger partial charge < -0.3 is 10.6 Å². The van der Waals surface area contributed by atoms with E-state index in [1.807, 2.05) is 4.90 Å². The fourth-order valence-corrected chi connectivity index (χ4v) is 2.03. The number of carbonyl (C=O) groups is 1. The van der Waals surface area contributed by atoms with Crippen molar-refractivity contribution in [2.75, 3.05) is 6.54 Å². The summed E-state index contributed by atoms with van der Waals surface area (Å²) in [6.45, 7) is 7.12. The monoisotopic (exact) mass is 225 g/mol. The smallest absolute Gasteiger partial charge is 0.345 e. The van der Waals surface area contributed by atoms with E-state index >= 15 is 0 Å². The Morgan fingerprint density at radius 2 is 2.12 bits per heavy atom. The van der Waals surface area contributed by atoms with Gasteiger partial charge in [0.05, 0.1) is 6.04 Å². The molecule has 1 rings (SSSR count). The molecular weight excluding hydrogens is 202 g/mol. The van der Waals surface area contributed by atoms with E-state index in [-0.39, 0.29) is 12.1 Å². The number of carbonyl (C=O) groups excluding carboxylic acids is 1. The molecule has 0 aromatic rings. The highest BCUT2D eigenvalue weighted by molar-refractivity contribution is 6.02. The van der Waals surface area contributed by atoms with Crippen LogP contribution in [-0.4, -0.2) is 29.4 Å². The first-order valence-corrected chi connectivity index (χ1v) is 6.21. The van der Waals surface area contributed by atoms with Gasteiger partial charge >= 0.3 is 6.03 Å². The van der Waals surface area contributed by atoms with E-state index in [2.05, 4.69) is 25.8 Å². The van der Waals surface area contributed by atoms with E-state index in [1.54, 1.807) is 0 Å². The van der Waals surface area contributed by atoms with Crippen LogP contribution in [0.15, 0.2) is 4.99 Å². The lowest BCUT2D eigenvalue weighted by Gasteiger charge is -2.25. The lowest BCUT2D eigenvalue weighted by atomic mass is 10.1. The maximum Gasteiger partial charge on any atom is 0.345 e. The summed E-state index contributed by atoms with van der Waals surface area (Å²) in [5.74, 6) is 0.959. The largest absolute Gasteiger partial charge is 0.385 e. The zero-order valence-corrected chi connectivity index (χ0v) is 10.6. The van der Waals surface area contributed by atoms with E-state index in [0.717, 1.165) is 19.4 Å². The number of hydrogen-bond acceptors (Lipinski definition) is 2. The molecule has 1 aliphatic heterocycles. The molecule has 1 aliphatic rings. The molecule has 1 unspecified atom stereocenters. The Bertz CT molecular complexity index is 273. The second kappa shape index (κ2) is 5.87. The van der Waals surface area contributed by atoms with Crippen LogP contribution in [0.1, 0.15) is 46.5 Å². The van der Waals surface area contributed by atoms with Crippen LogP contribution in [-0.2, 0) is 0 Å². The summed E-state index contributed by atoms with van der Waals surface area (Å²) < 4.78 is 0. The van der Waals surface area contributed by atoms with Crippen molar-refractivity contribution in [2.24, 2.45) is 16.6 Å². The second-order valence-corrected chi connectivity index (χ2v) is 4.88. The number of nitrogens with two attached hydrogens (primary N) is 1. The van der Waals surface area contributed by atoms with E-state index in [9.17, 15) is 4.79 Å². The summed E-state index contributed by atoms with van der Waals surface area (Å²) in [5.41, 5.74) is 5.81. The van der Waals surface area contributed by atoms with Gasteiger partial charge in [0.2, 0.25) is 0 Å².